The summed E-state index contributed by atoms with van der Waals surface area (Å²) in [6.07, 6.45) is 3.23. The number of hydrogen-bond acceptors (Lipinski definition) is 7. The van der Waals surface area contributed by atoms with E-state index in [1.165, 1.54) is 18.2 Å². The minimum absolute atomic E-state index is 0.106. The molecule has 39 heavy (non-hydrogen) atoms. The number of hydrogen-bond donors (Lipinski definition) is 1. The Labute approximate surface area is 230 Å². The number of rotatable bonds is 8. The van der Waals surface area contributed by atoms with E-state index in [1.807, 2.05) is 6.07 Å². The molecule has 3 aromatic rings. The van der Waals surface area contributed by atoms with E-state index in [-0.39, 0.29) is 16.4 Å². The van der Waals surface area contributed by atoms with Crippen molar-refractivity contribution in [3.63, 3.8) is 0 Å². The van der Waals surface area contributed by atoms with Crippen molar-refractivity contribution in [1.82, 2.24) is 4.72 Å². The molecule has 3 aromatic carbocycles. The first kappa shape index (κ1) is 28.8. The molecule has 0 amide bonds. The Morgan fingerprint density at radius 3 is 2.28 bits per heavy atom. The first-order chi connectivity index (χ1) is 18.2. The van der Waals surface area contributed by atoms with Gasteiger partial charge in [-0.1, -0.05) is 36.4 Å². The third-order valence-electron chi connectivity index (χ3n) is 6.29. The fourth-order valence-electron chi connectivity index (χ4n) is 4.57. The average Bonchev–Trinajstić information content (AvgIpc) is 2.86. The van der Waals surface area contributed by atoms with Crippen LogP contribution in [-0.2, 0) is 35.8 Å². The number of esters is 1. The van der Waals surface area contributed by atoms with Crippen LogP contribution in [0.3, 0.4) is 0 Å². The van der Waals surface area contributed by atoms with Gasteiger partial charge in [-0.3, -0.25) is 0 Å². The van der Waals surface area contributed by atoms with Crippen LogP contribution in [0.2, 0.25) is 0 Å². The van der Waals surface area contributed by atoms with Crippen molar-refractivity contribution in [2.24, 2.45) is 0 Å². The summed E-state index contributed by atoms with van der Waals surface area (Å²) in [7, 11) is -7.21. The topological polar surface area (TPSA) is 116 Å². The lowest BCUT2D eigenvalue weighted by atomic mass is 9.87. The molecule has 1 aliphatic carbocycles. The van der Waals surface area contributed by atoms with Crippen LogP contribution in [0.5, 0.6) is 5.75 Å². The first-order valence-corrected chi connectivity index (χ1v) is 16.0. The fraction of sp³-hybridized carbons (Fsp3) is 0.345. The van der Waals surface area contributed by atoms with Crippen LogP contribution in [0.25, 0.3) is 11.1 Å². The molecule has 0 fully saturated rings. The van der Waals surface area contributed by atoms with Gasteiger partial charge in [-0.05, 0) is 92.6 Å². The molecular weight excluding hydrogens is 538 g/mol. The van der Waals surface area contributed by atoms with Gasteiger partial charge >= 0.3 is 5.97 Å². The lowest BCUT2D eigenvalue weighted by molar-refractivity contribution is -0.157. The number of benzene rings is 3. The Kier molecular flexibility index (Phi) is 8.20. The van der Waals surface area contributed by atoms with Gasteiger partial charge in [0.1, 0.15) is 11.4 Å². The standard InChI is InChI=1S/C29H33NO7S2/c1-29(2,3)37-28(31)19-36-27-13-7-10-24-25(27)11-6-12-26(24)30-39(34,35)22-16-14-20(15-17-22)21-8-5-9-23(18-21)38(4,32)33/h5,7-10,13-18,26,30H,6,11-12,19H2,1-4H3/t26-/m1/s1. The van der Waals surface area contributed by atoms with Gasteiger partial charge in [-0.2, -0.15) is 0 Å². The molecule has 0 saturated heterocycles. The largest absolute Gasteiger partial charge is 0.482 e. The van der Waals surface area contributed by atoms with Gasteiger partial charge in [-0.25, -0.2) is 26.4 Å². The fourth-order valence-corrected chi connectivity index (χ4v) is 6.49. The minimum Gasteiger partial charge on any atom is -0.482 e. The molecule has 0 unspecified atom stereocenters. The van der Waals surface area contributed by atoms with Crippen molar-refractivity contribution >= 4 is 25.8 Å². The Hall–Kier alpha value is -3.21. The quantitative estimate of drug-likeness (QED) is 0.385. The summed E-state index contributed by atoms with van der Waals surface area (Å²) in [5.74, 6) is 0.0718. The van der Waals surface area contributed by atoms with Crippen LogP contribution in [0.1, 0.15) is 50.8 Å². The highest BCUT2D eigenvalue weighted by atomic mass is 32.2. The monoisotopic (exact) mass is 571 g/mol. The lowest BCUT2D eigenvalue weighted by Crippen LogP contribution is -2.31. The second-order valence-electron chi connectivity index (χ2n) is 10.6. The van der Waals surface area contributed by atoms with Crippen molar-refractivity contribution in [2.45, 2.75) is 61.5 Å². The van der Waals surface area contributed by atoms with Gasteiger partial charge in [0, 0.05) is 12.3 Å². The summed E-state index contributed by atoms with van der Waals surface area (Å²) >= 11 is 0. The summed E-state index contributed by atoms with van der Waals surface area (Å²) < 4.78 is 64.3. The van der Waals surface area contributed by atoms with Crippen LogP contribution < -0.4 is 9.46 Å². The number of fused-ring (bicyclic) bond motifs is 1. The van der Waals surface area contributed by atoms with Gasteiger partial charge in [0.05, 0.1) is 9.79 Å². The summed E-state index contributed by atoms with van der Waals surface area (Å²) in [6, 6.07) is 17.9. The maximum absolute atomic E-state index is 13.3. The highest BCUT2D eigenvalue weighted by Gasteiger charge is 2.28. The Morgan fingerprint density at radius 1 is 0.923 bits per heavy atom. The van der Waals surface area contributed by atoms with Crippen molar-refractivity contribution in [2.75, 3.05) is 12.9 Å². The SMILES string of the molecule is CC(C)(C)OC(=O)COc1cccc2c1CCC[C@H]2NS(=O)(=O)c1ccc(-c2cccc(S(C)(=O)=O)c2)cc1. The van der Waals surface area contributed by atoms with E-state index in [0.717, 1.165) is 23.8 Å². The van der Waals surface area contributed by atoms with Crippen molar-refractivity contribution < 1.29 is 31.1 Å². The molecule has 0 radical (unpaired) electrons. The molecule has 4 rings (SSSR count). The third kappa shape index (κ3) is 7.26. The molecule has 1 N–H and O–H groups in total. The number of ether oxygens (including phenoxy) is 2. The molecule has 8 nitrogen and oxygen atoms in total. The van der Waals surface area contributed by atoms with Crippen LogP contribution >= 0.6 is 0 Å². The molecule has 1 aliphatic rings. The third-order valence-corrected chi connectivity index (χ3v) is 8.89. The number of sulfonamides is 1. The minimum atomic E-state index is -3.85. The van der Waals surface area contributed by atoms with E-state index >= 15 is 0 Å². The van der Waals surface area contributed by atoms with Crippen molar-refractivity contribution in [3.05, 3.63) is 77.9 Å². The average molecular weight is 572 g/mol. The van der Waals surface area contributed by atoms with E-state index in [0.29, 0.717) is 29.7 Å². The highest BCUT2D eigenvalue weighted by Crippen LogP contribution is 2.36. The molecule has 0 bridgehead atoms. The normalized spacial score (nSPS) is 15.8. The van der Waals surface area contributed by atoms with E-state index in [9.17, 15) is 21.6 Å². The first-order valence-electron chi connectivity index (χ1n) is 12.6. The second-order valence-corrected chi connectivity index (χ2v) is 14.3. The number of sulfone groups is 1. The van der Waals surface area contributed by atoms with Crippen molar-refractivity contribution in [1.29, 1.82) is 0 Å². The van der Waals surface area contributed by atoms with E-state index in [2.05, 4.69) is 4.72 Å². The van der Waals surface area contributed by atoms with Crippen LogP contribution in [0.4, 0.5) is 0 Å². The summed E-state index contributed by atoms with van der Waals surface area (Å²) in [4.78, 5) is 12.4. The Morgan fingerprint density at radius 2 is 1.62 bits per heavy atom. The van der Waals surface area contributed by atoms with Gasteiger partial charge in [-0.15, -0.1) is 0 Å². The Bertz CT molecular complexity index is 1570. The van der Waals surface area contributed by atoms with E-state index in [1.54, 1.807) is 63.2 Å². The van der Waals surface area contributed by atoms with E-state index in [4.69, 9.17) is 9.47 Å². The maximum Gasteiger partial charge on any atom is 0.344 e. The molecule has 208 valence electrons. The smallest absolute Gasteiger partial charge is 0.344 e. The van der Waals surface area contributed by atoms with E-state index < -0.39 is 37.5 Å². The number of carbonyl (C=O) groups excluding carboxylic acids is 1. The Balaban J connectivity index is 1.51. The molecule has 0 aliphatic heterocycles. The predicted octanol–water partition coefficient (Wildman–Crippen LogP) is 4.83. The van der Waals surface area contributed by atoms with Crippen LogP contribution in [0, 0.1) is 0 Å². The molecule has 0 spiro atoms. The summed E-state index contributed by atoms with van der Waals surface area (Å²) in [5, 5.41) is 0. The zero-order chi connectivity index (χ0) is 28.4. The second kappa shape index (κ2) is 11.1. The molecule has 0 saturated carbocycles. The highest BCUT2D eigenvalue weighted by molar-refractivity contribution is 7.90. The predicted molar refractivity (Wildman–Crippen MR) is 149 cm³/mol. The zero-order valence-corrected chi connectivity index (χ0v) is 24.1. The summed E-state index contributed by atoms with van der Waals surface area (Å²) in [5.41, 5.74) is 2.46. The number of carbonyl (C=O) groups is 1. The van der Waals surface area contributed by atoms with Gasteiger partial charge in [0.25, 0.3) is 0 Å². The molecular formula is C29H33NO7S2. The van der Waals surface area contributed by atoms with Crippen molar-refractivity contribution in [3.8, 4) is 16.9 Å². The molecule has 0 aromatic heterocycles. The van der Waals surface area contributed by atoms with Gasteiger partial charge in [0.15, 0.2) is 16.4 Å². The zero-order valence-electron chi connectivity index (χ0n) is 22.4. The molecule has 1 atom stereocenters. The van der Waals surface area contributed by atoms with Crippen LogP contribution in [0.15, 0.2) is 76.5 Å². The molecule has 0 heterocycles. The maximum atomic E-state index is 13.3. The summed E-state index contributed by atoms with van der Waals surface area (Å²) in [6.45, 7) is 5.13. The lowest BCUT2D eigenvalue weighted by Gasteiger charge is -2.28. The van der Waals surface area contributed by atoms with Gasteiger partial charge < -0.3 is 9.47 Å². The van der Waals surface area contributed by atoms with Crippen LogP contribution in [-0.4, -0.2) is 41.3 Å². The van der Waals surface area contributed by atoms with Gasteiger partial charge in [0.2, 0.25) is 10.0 Å². The number of nitrogens with one attached hydrogen (secondary N) is 1. The molecule has 10 heteroatoms.